The Balaban J connectivity index is 1.19. The van der Waals surface area contributed by atoms with E-state index in [9.17, 15) is 9.90 Å². The average Bonchev–Trinajstić information content (AvgIpc) is 3.44. The Kier molecular flexibility index (Phi) is 9.20. The van der Waals surface area contributed by atoms with Crippen LogP contribution in [0.2, 0.25) is 10.0 Å². The minimum absolute atomic E-state index is 0.132. The molecule has 43 heavy (non-hydrogen) atoms. The quantitative estimate of drug-likeness (QED) is 0.274. The molecule has 3 atom stereocenters. The molecule has 2 heterocycles. The van der Waals surface area contributed by atoms with Crippen molar-refractivity contribution in [3.05, 3.63) is 92.5 Å². The van der Waals surface area contributed by atoms with Gasteiger partial charge in [-0.3, -0.25) is 14.6 Å². The van der Waals surface area contributed by atoms with Gasteiger partial charge in [0, 0.05) is 31.7 Å². The fourth-order valence-corrected chi connectivity index (χ4v) is 7.25. The summed E-state index contributed by atoms with van der Waals surface area (Å²) < 4.78 is 13.0. The van der Waals surface area contributed by atoms with E-state index in [1.165, 1.54) is 31.2 Å². The molecule has 0 aromatic heterocycles. The van der Waals surface area contributed by atoms with Gasteiger partial charge in [0.25, 0.3) is 0 Å². The molecule has 3 aromatic carbocycles. The zero-order valence-corrected chi connectivity index (χ0v) is 26.4. The van der Waals surface area contributed by atoms with Gasteiger partial charge in [-0.15, -0.1) is 0 Å². The van der Waals surface area contributed by atoms with E-state index >= 15 is 0 Å². The number of likely N-dealkylation sites (N-methyl/N-ethyl adjacent to an activating group) is 1. The van der Waals surface area contributed by atoms with Gasteiger partial charge in [-0.1, -0.05) is 67.2 Å². The van der Waals surface area contributed by atoms with E-state index in [0.29, 0.717) is 28.9 Å². The topological polar surface area (TPSA) is 62.2 Å². The lowest BCUT2D eigenvalue weighted by atomic mass is 9.90. The molecule has 228 valence electrons. The first-order chi connectivity index (χ1) is 20.8. The van der Waals surface area contributed by atoms with Crippen molar-refractivity contribution in [2.45, 2.75) is 76.8 Å². The number of hydrogen-bond donors (Lipinski definition) is 1. The number of nitrogens with zero attached hydrogens (tertiary/aromatic N) is 2. The van der Waals surface area contributed by atoms with E-state index in [4.69, 9.17) is 32.7 Å². The molecule has 0 bridgehead atoms. The monoisotopic (exact) mass is 622 g/mol. The van der Waals surface area contributed by atoms with Crippen molar-refractivity contribution < 1.29 is 19.4 Å². The van der Waals surface area contributed by atoms with Crippen molar-refractivity contribution in [2.75, 3.05) is 20.1 Å². The molecule has 1 saturated carbocycles. The van der Waals surface area contributed by atoms with E-state index in [1.54, 1.807) is 6.07 Å². The fraction of sp³-hybridized carbons (Fsp3) is 0.457. The van der Waals surface area contributed by atoms with Crippen LogP contribution in [0.3, 0.4) is 0 Å². The minimum Gasteiger partial charge on any atom is -0.486 e. The van der Waals surface area contributed by atoms with E-state index < -0.39 is 12.0 Å². The highest BCUT2D eigenvalue weighted by Gasteiger charge is 2.35. The van der Waals surface area contributed by atoms with E-state index in [-0.39, 0.29) is 12.2 Å². The maximum absolute atomic E-state index is 12.2. The SMILES string of the molecule is CC[C@@H](Oc1ccc([C@H]2CN(C)Cc3cc4c(cc3O2)CN(CC2CCCC2)[C@H](C(=O)O)C4)cc1)c1ccc(Cl)c(Cl)c1. The second-order valence-electron chi connectivity index (χ2n) is 12.4. The summed E-state index contributed by atoms with van der Waals surface area (Å²) in [5.74, 6) is 1.56. The smallest absolute Gasteiger partial charge is 0.321 e. The summed E-state index contributed by atoms with van der Waals surface area (Å²) in [5.41, 5.74) is 5.52. The Hall–Kier alpha value is -2.77. The third-order valence-corrected chi connectivity index (χ3v) is 10.0. The van der Waals surface area contributed by atoms with E-state index in [1.807, 2.05) is 24.3 Å². The first kappa shape index (κ1) is 30.3. The minimum atomic E-state index is -0.721. The standard InChI is InChI=1S/C35H40Cl2N2O4/c1-3-32(24-10-13-29(36)30(37)15-24)42-28-11-8-23(9-12-28)34-21-38(2)19-27-14-25-16-31(35(40)41)39(18-22-6-4-5-7-22)20-26(25)17-33(27)43-34/h8-15,17,22,31-32,34H,3-7,16,18-21H2,1-2H3,(H,40,41)/t31-,32+,34+/m0/s1. The van der Waals surface area contributed by atoms with Gasteiger partial charge in [0.05, 0.1) is 10.0 Å². The number of ether oxygens (including phenoxy) is 2. The Morgan fingerprint density at radius 2 is 1.77 bits per heavy atom. The molecule has 6 nitrogen and oxygen atoms in total. The lowest BCUT2D eigenvalue weighted by Gasteiger charge is -2.36. The van der Waals surface area contributed by atoms with E-state index in [0.717, 1.165) is 59.8 Å². The van der Waals surface area contributed by atoms with Gasteiger partial charge in [-0.05, 0) is 91.2 Å². The van der Waals surface area contributed by atoms with Crippen LogP contribution in [-0.2, 0) is 24.3 Å². The van der Waals surface area contributed by atoms with Crippen LogP contribution in [0.15, 0.2) is 54.6 Å². The molecule has 0 amide bonds. The van der Waals surface area contributed by atoms with Gasteiger partial charge in [0.15, 0.2) is 0 Å². The first-order valence-corrected chi connectivity index (χ1v) is 16.2. The molecule has 1 aliphatic carbocycles. The predicted octanol–water partition coefficient (Wildman–Crippen LogP) is 8.09. The summed E-state index contributed by atoms with van der Waals surface area (Å²) >= 11 is 12.4. The van der Waals surface area contributed by atoms with Gasteiger partial charge < -0.3 is 14.6 Å². The zero-order chi connectivity index (χ0) is 30.1. The summed E-state index contributed by atoms with van der Waals surface area (Å²) in [7, 11) is 2.11. The van der Waals surface area contributed by atoms with Crippen LogP contribution in [0.25, 0.3) is 0 Å². The number of aliphatic carboxylic acids is 1. The number of rotatable bonds is 8. The predicted molar refractivity (Wildman–Crippen MR) is 170 cm³/mol. The van der Waals surface area contributed by atoms with Crippen molar-refractivity contribution in [2.24, 2.45) is 5.92 Å². The van der Waals surface area contributed by atoms with Gasteiger partial charge in [-0.2, -0.15) is 0 Å². The van der Waals surface area contributed by atoms with Gasteiger partial charge in [0.2, 0.25) is 0 Å². The largest absolute Gasteiger partial charge is 0.486 e. The average molecular weight is 624 g/mol. The molecule has 1 fully saturated rings. The molecular weight excluding hydrogens is 583 g/mol. The summed E-state index contributed by atoms with van der Waals surface area (Å²) in [6.07, 6.45) is 5.99. The van der Waals surface area contributed by atoms with Crippen molar-refractivity contribution in [1.29, 1.82) is 0 Å². The van der Waals surface area contributed by atoms with Crippen LogP contribution in [-0.4, -0.2) is 47.1 Å². The highest BCUT2D eigenvalue weighted by atomic mass is 35.5. The van der Waals surface area contributed by atoms with Gasteiger partial charge in [-0.25, -0.2) is 0 Å². The highest BCUT2D eigenvalue weighted by Crippen LogP contribution is 2.38. The van der Waals surface area contributed by atoms with Crippen molar-refractivity contribution in [3.63, 3.8) is 0 Å². The summed E-state index contributed by atoms with van der Waals surface area (Å²) in [6, 6.07) is 17.7. The Morgan fingerprint density at radius 1 is 1.00 bits per heavy atom. The lowest BCUT2D eigenvalue weighted by Crippen LogP contribution is -2.47. The first-order valence-electron chi connectivity index (χ1n) is 15.5. The van der Waals surface area contributed by atoms with Crippen LogP contribution >= 0.6 is 23.2 Å². The lowest BCUT2D eigenvalue weighted by molar-refractivity contribution is -0.144. The Morgan fingerprint density at radius 3 is 2.47 bits per heavy atom. The number of carboxylic acid groups (broad SMARTS) is 1. The fourth-order valence-electron chi connectivity index (χ4n) is 6.94. The maximum Gasteiger partial charge on any atom is 0.321 e. The van der Waals surface area contributed by atoms with Crippen LogP contribution < -0.4 is 9.47 Å². The number of fused-ring (bicyclic) bond motifs is 2. The van der Waals surface area contributed by atoms with Crippen LogP contribution in [0, 0.1) is 5.92 Å². The molecule has 3 aliphatic rings. The number of carbonyl (C=O) groups is 1. The molecule has 0 spiro atoms. The number of halogens is 2. The summed E-state index contributed by atoms with van der Waals surface area (Å²) in [6.45, 7) is 5.10. The molecule has 1 N–H and O–H groups in total. The molecule has 2 aliphatic heterocycles. The van der Waals surface area contributed by atoms with Gasteiger partial charge in [0.1, 0.15) is 29.7 Å². The number of carboxylic acids is 1. The second kappa shape index (κ2) is 13.1. The molecule has 0 saturated heterocycles. The van der Waals surface area contributed by atoms with Gasteiger partial charge >= 0.3 is 5.97 Å². The molecule has 3 aromatic rings. The molecule has 8 heteroatoms. The summed E-state index contributed by atoms with van der Waals surface area (Å²) in [4.78, 5) is 16.7. The Labute approximate surface area is 264 Å². The molecular formula is C35H40Cl2N2O4. The number of hydrogen-bond acceptors (Lipinski definition) is 5. The molecule has 6 rings (SSSR count). The van der Waals surface area contributed by atoms with Crippen LogP contribution in [0.4, 0.5) is 0 Å². The highest BCUT2D eigenvalue weighted by molar-refractivity contribution is 6.42. The van der Waals surface area contributed by atoms with Crippen LogP contribution in [0.5, 0.6) is 11.5 Å². The third-order valence-electron chi connectivity index (χ3n) is 9.27. The van der Waals surface area contributed by atoms with Crippen molar-refractivity contribution in [3.8, 4) is 11.5 Å². The molecule has 0 radical (unpaired) electrons. The third kappa shape index (κ3) is 6.83. The summed E-state index contributed by atoms with van der Waals surface area (Å²) in [5, 5.41) is 11.1. The maximum atomic E-state index is 12.2. The van der Waals surface area contributed by atoms with E-state index in [2.05, 4.69) is 48.0 Å². The Bertz CT molecular complexity index is 1460. The van der Waals surface area contributed by atoms with Crippen LogP contribution in [0.1, 0.15) is 79.1 Å². The van der Waals surface area contributed by atoms with Crippen molar-refractivity contribution in [1.82, 2.24) is 9.80 Å². The molecule has 0 unspecified atom stereocenters. The zero-order valence-electron chi connectivity index (χ0n) is 24.9. The second-order valence-corrected chi connectivity index (χ2v) is 13.2. The normalized spacial score (nSPS) is 21.9. The number of benzene rings is 3. The van der Waals surface area contributed by atoms with Crippen molar-refractivity contribution >= 4 is 29.2 Å².